The van der Waals surface area contributed by atoms with Crippen LogP contribution in [0.5, 0.6) is 0 Å². The minimum absolute atomic E-state index is 0.0137. The molecule has 109 valence electrons. The van der Waals surface area contributed by atoms with Gasteiger partial charge in [-0.3, -0.25) is 9.59 Å². The fraction of sp³-hybridized carbons (Fsp3) is 0.471. The topological polar surface area (TPSA) is 46.2 Å². The van der Waals surface area contributed by atoms with Crippen molar-refractivity contribution in [2.45, 2.75) is 51.9 Å². The fourth-order valence-corrected chi connectivity index (χ4v) is 1.97. The van der Waals surface area contributed by atoms with Gasteiger partial charge in [0.2, 0.25) is 5.91 Å². The average molecular weight is 274 g/mol. The molecule has 0 unspecified atom stereocenters. The molecule has 0 aliphatic heterocycles. The van der Waals surface area contributed by atoms with Gasteiger partial charge in [0.05, 0.1) is 0 Å². The summed E-state index contributed by atoms with van der Waals surface area (Å²) < 4.78 is 0. The predicted molar refractivity (Wildman–Crippen MR) is 82.8 cm³/mol. The first-order valence-electron chi connectivity index (χ1n) is 7.39. The quantitative estimate of drug-likeness (QED) is 0.536. The van der Waals surface area contributed by atoms with Gasteiger partial charge in [-0.05, 0) is 37.1 Å². The van der Waals surface area contributed by atoms with Crippen LogP contribution in [0, 0.1) is 6.92 Å². The number of unbranched alkanes of at least 4 members (excludes halogenated alkanes) is 3. The SMILES string of the molecule is [CH2]CCCCCC(=O)c1ccc(NC(=O)CCC)cc1. The molecule has 1 aromatic carbocycles. The van der Waals surface area contributed by atoms with E-state index in [0.717, 1.165) is 37.8 Å². The molecule has 1 N–H and O–H groups in total. The van der Waals surface area contributed by atoms with Crippen molar-refractivity contribution >= 4 is 17.4 Å². The number of hydrogen-bond donors (Lipinski definition) is 1. The van der Waals surface area contributed by atoms with Crippen LogP contribution in [0.25, 0.3) is 0 Å². The molecule has 0 atom stereocenters. The number of benzene rings is 1. The van der Waals surface area contributed by atoms with Crippen LogP contribution in [0.1, 0.15) is 62.2 Å². The van der Waals surface area contributed by atoms with E-state index in [4.69, 9.17) is 0 Å². The summed E-state index contributed by atoms with van der Waals surface area (Å²) in [5.41, 5.74) is 1.46. The van der Waals surface area contributed by atoms with Crippen molar-refractivity contribution in [2.24, 2.45) is 0 Å². The summed E-state index contributed by atoms with van der Waals surface area (Å²) in [6.45, 7) is 5.76. The van der Waals surface area contributed by atoms with Crippen LogP contribution in [-0.4, -0.2) is 11.7 Å². The molecule has 0 bridgehead atoms. The zero-order valence-electron chi connectivity index (χ0n) is 12.3. The molecule has 0 spiro atoms. The highest BCUT2D eigenvalue weighted by Gasteiger charge is 2.06. The first-order chi connectivity index (χ1) is 9.67. The predicted octanol–water partition coefficient (Wildman–Crippen LogP) is 4.39. The first kappa shape index (κ1) is 16.4. The number of carbonyl (C=O) groups is 2. The van der Waals surface area contributed by atoms with Crippen LogP contribution in [0.3, 0.4) is 0 Å². The first-order valence-corrected chi connectivity index (χ1v) is 7.39. The monoisotopic (exact) mass is 274 g/mol. The van der Waals surface area contributed by atoms with Crippen LogP contribution < -0.4 is 5.32 Å². The van der Waals surface area contributed by atoms with Gasteiger partial charge in [-0.1, -0.05) is 33.1 Å². The van der Waals surface area contributed by atoms with Gasteiger partial charge in [0, 0.05) is 24.1 Å². The molecule has 0 saturated carbocycles. The maximum Gasteiger partial charge on any atom is 0.224 e. The second-order valence-corrected chi connectivity index (χ2v) is 4.96. The normalized spacial score (nSPS) is 10.3. The summed E-state index contributed by atoms with van der Waals surface area (Å²) in [5, 5.41) is 2.81. The molecular weight excluding hydrogens is 250 g/mol. The van der Waals surface area contributed by atoms with Gasteiger partial charge in [0.15, 0.2) is 5.78 Å². The molecule has 1 radical (unpaired) electrons. The standard InChI is InChI=1S/C17H24NO2/c1-3-5-6-7-9-16(19)14-10-12-15(13-11-14)18-17(20)8-4-2/h10-13H,1,3-9H2,2H3,(H,18,20). The van der Waals surface area contributed by atoms with E-state index in [9.17, 15) is 9.59 Å². The Labute approximate surface area is 121 Å². The van der Waals surface area contributed by atoms with Gasteiger partial charge in [-0.25, -0.2) is 0 Å². The molecule has 0 heterocycles. The Bertz CT molecular complexity index is 423. The van der Waals surface area contributed by atoms with E-state index < -0.39 is 0 Å². The number of nitrogens with one attached hydrogen (secondary N) is 1. The van der Waals surface area contributed by atoms with Gasteiger partial charge < -0.3 is 5.32 Å². The number of hydrogen-bond acceptors (Lipinski definition) is 2. The van der Waals surface area contributed by atoms with E-state index >= 15 is 0 Å². The number of Topliss-reactive ketones (excluding diaryl/α,β-unsaturated/α-hetero) is 1. The van der Waals surface area contributed by atoms with E-state index in [2.05, 4.69) is 12.2 Å². The average Bonchev–Trinajstić information content (AvgIpc) is 2.44. The summed E-state index contributed by atoms with van der Waals surface area (Å²) in [6.07, 6.45) is 5.92. The van der Waals surface area contributed by atoms with E-state index in [-0.39, 0.29) is 11.7 Å². The summed E-state index contributed by atoms with van der Waals surface area (Å²) >= 11 is 0. The summed E-state index contributed by atoms with van der Waals surface area (Å²) in [5.74, 6) is 0.181. The highest BCUT2D eigenvalue weighted by Crippen LogP contribution is 2.13. The van der Waals surface area contributed by atoms with Crippen molar-refractivity contribution in [1.29, 1.82) is 0 Å². The highest BCUT2D eigenvalue weighted by atomic mass is 16.1. The van der Waals surface area contributed by atoms with Crippen molar-refractivity contribution in [3.8, 4) is 0 Å². The Hall–Kier alpha value is -1.64. The molecule has 0 aliphatic carbocycles. The Kier molecular flexibility index (Phi) is 7.63. The van der Waals surface area contributed by atoms with Crippen LogP contribution in [-0.2, 0) is 4.79 Å². The van der Waals surface area contributed by atoms with Crippen LogP contribution in [0.4, 0.5) is 5.69 Å². The number of rotatable bonds is 9. The third-order valence-corrected chi connectivity index (χ3v) is 3.12. The van der Waals surface area contributed by atoms with Crippen LogP contribution in [0.2, 0.25) is 0 Å². The minimum atomic E-state index is 0.0137. The third-order valence-electron chi connectivity index (χ3n) is 3.12. The smallest absolute Gasteiger partial charge is 0.224 e. The molecule has 3 heteroatoms. The van der Waals surface area contributed by atoms with Gasteiger partial charge >= 0.3 is 0 Å². The zero-order valence-corrected chi connectivity index (χ0v) is 12.3. The fourth-order valence-electron chi connectivity index (χ4n) is 1.97. The molecule has 0 aliphatic rings. The number of anilines is 1. The Balaban J connectivity index is 2.45. The van der Waals surface area contributed by atoms with Crippen molar-refractivity contribution < 1.29 is 9.59 Å². The second kappa shape index (κ2) is 9.29. The molecular formula is C17H24NO2. The maximum absolute atomic E-state index is 11.9. The van der Waals surface area contributed by atoms with E-state index in [1.54, 1.807) is 24.3 Å². The number of amides is 1. The van der Waals surface area contributed by atoms with Gasteiger partial charge in [0.25, 0.3) is 0 Å². The van der Waals surface area contributed by atoms with E-state index in [1.165, 1.54) is 0 Å². The lowest BCUT2D eigenvalue weighted by atomic mass is 10.0. The van der Waals surface area contributed by atoms with Crippen molar-refractivity contribution in [3.63, 3.8) is 0 Å². The summed E-state index contributed by atoms with van der Waals surface area (Å²) in [7, 11) is 0. The van der Waals surface area contributed by atoms with Crippen LogP contribution in [0.15, 0.2) is 24.3 Å². The lowest BCUT2D eigenvalue weighted by Gasteiger charge is -2.06. The molecule has 20 heavy (non-hydrogen) atoms. The van der Waals surface area contributed by atoms with Crippen LogP contribution >= 0.6 is 0 Å². The minimum Gasteiger partial charge on any atom is -0.326 e. The van der Waals surface area contributed by atoms with Gasteiger partial charge in [-0.15, -0.1) is 0 Å². The van der Waals surface area contributed by atoms with E-state index in [0.29, 0.717) is 18.4 Å². The van der Waals surface area contributed by atoms with Gasteiger partial charge in [0.1, 0.15) is 0 Å². The summed E-state index contributed by atoms with van der Waals surface area (Å²) in [4.78, 5) is 23.4. The third kappa shape index (κ3) is 6.00. The second-order valence-electron chi connectivity index (χ2n) is 4.96. The summed E-state index contributed by atoms with van der Waals surface area (Å²) in [6, 6.07) is 7.14. The lowest BCUT2D eigenvalue weighted by molar-refractivity contribution is -0.116. The molecule has 1 aromatic rings. The van der Waals surface area contributed by atoms with Crippen molar-refractivity contribution in [3.05, 3.63) is 36.8 Å². The molecule has 0 saturated heterocycles. The number of carbonyl (C=O) groups excluding carboxylic acids is 2. The Morgan fingerprint density at radius 3 is 2.35 bits per heavy atom. The zero-order chi connectivity index (χ0) is 14.8. The van der Waals surface area contributed by atoms with Crippen molar-refractivity contribution in [1.82, 2.24) is 0 Å². The number of ketones is 1. The van der Waals surface area contributed by atoms with E-state index in [1.807, 2.05) is 6.92 Å². The Morgan fingerprint density at radius 2 is 1.75 bits per heavy atom. The Morgan fingerprint density at radius 1 is 1.05 bits per heavy atom. The molecule has 3 nitrogen and oxygen atoms in total. The molecule has 1 rings (SSSR count). The largest absolute Gasteiger partial charge is 0.326 e. The lowest BCUT2D eigenvalue weighted by Crippen LogP contribution is -2.10. The molecule has 1 amide bonds. The highest BCUT2D eigenvalue weighted by molar-refractivity contribution is 5.97. The molecule has 0 aromatic heterocycles. The van der Waals surface area contributed by atoms with Gasteiger partial charge in [-0.2, -0.15) is 0 Å². The van der Waals surface area contributed by atoms with Crippen molar-refractivity contribution in [2.75, 3.05) is 5.32 Å². The molecule has 0 fully saturated rings. The maximum atomic E-state index is 11.9.